The zero-order valence-corrected chi connectivity index (χ0v) is 80.0. The first-order valence-electron chi connectivity index (χ1n) is 40.1. The lowest BCUT2D eigenvalue weighted by molar-refractivity contribution is -0.263. The van der Waals surface area contributed by atoms with Crippen LogP contribution in [0.25, 0.3) is 0 Å². The first-order chi connectivity index (χ1) is 54.2. The van der Waals surface area contributed by atoms with Gasteiger partial charge in [-0.25, -0.2) is 57.7 Å². The molecule has 0 bridgehead atoms. The Kier molecular flexibility index (Phi) is 67.4. The number of carbonyl (C=O) groups excluding carboxylic acids is 15. The van der Waals surface area contributed by atoms with Crippen molar-refractivity contribution in [3.63, 3.8) is 0 Å². The van der Waals surface area contributed by atoms with Crippen molar-refractivity contribution in [3.05, 3.63) is 0 Å². The highest BCUT2D eigenvalue weighted by atomic mass is 17.2. The zero-order chi connectivity index (χ0) is 95.7. The number of esters is 13. The third kappa shape index (κ3) is 92.2. The molecule has 0 aromatic carbocycles. The Morgan fingerprint density at radius 2 is 0.617 bits per heavy atom. The van der Waals surface area contributed by atoms with Gasteiger partial charge in [0, 0.05) is 55.4 Å². The molecule has 0 spiro atoms. The molecule has 0 aromatic heterocycles. The number of methoxy groups -OCH3 is 2. The summed E-state index contributed by atoms with van der Waals surface area (Å²) < 4.78 is 83.1. The summed E-state index contributed by atoms with van der Waals surface area (Å²) in [6, 6.07) is 0. The summed E-state index contributed by atoms with van der Waals surface area (Å²) in [6.45, 7) is 67.1. The maximum Gasteiger partial charge on any atom is 0.395 e. The fourth-order valence-corrected chi connectivity index (χ4v) is 8.26. The fraction of sp³-hybridized carbons (Fsp3) is 0.826. The minimum absolute atomic E-state index is 0.0366. The van der Waals surface area contributed by atoms with Gasteiger partial charge in [0.05, 0.1) is 50.7 Å². The van der Waals surface area contributed by atoms with E-state index in [1.54, 1.807) is 20.8 Å². The van der Waals surface area contributed by atoms with E-state index < -0.39 is 121 Å². The van der Waals surface area contributed by atoms with Crippen LogP contribution in [-0.2, 0) is 162 Å². The number of carbonyl (C=O) groups is 15. The van der Waals surface area contributed by atoms with Crippen molar-refractivity contribution in [2.45, 2.75) is 343 Å². The summed E-state index contributed by atoms with van der Waals surface area (Å²) in [6.07, 6.45) is -0.241. The summed E-state index contributed by atoms with van der Waals surface area (Å²) in [5.74, 6) is -9.25. The van der Waals surface area contributed by atoms with Crippen LogP contribution in [0.5, 0.6) is 0 Å². The minimum atomic E-state index is -1.12. The van der Waals surface area contributed by atoms with Gasteiger partial charge >= 0.3 is 89.5 Å². The second-order valence-corrected chi connectivity index (χ2v) is 36.6. The van der Waals surface area contributed by atoms with Gasteiger partial charge in [0.25, 0.3) is 0 Å². The highest BCUT2D eigenvalue weighted by Gasteiger charge is 2.33. The van der Waals surface area contributed by atoms with E-state index in [0.717, 1.165) is 45.6 Å². The highest BCUT2D eigenvalue weighted by molar-refractivity contribution is 5.83. The first-order valence-corrected chi connectivity index (χ1v) is 40.1. The number of ether oxygens (including phenoxy) is 17. The molecule has 0 aliphatic heterocycles. The normalized spacial score (nSPS) is 13.8. The lowest BCUT2D eigenvalue weighted by atomic mass is 9.82. The molecule has 34 heteroatoms. The molecular formula is C86H156O34. The lowest BCUT2D eigenvalue weighted by Gasteiger charge is -2.26. The maximum atomic E-state index is 11.7. The molecular weight excluding hydrogens is 1580 g/mol. The fourth-order valence-electron chi connectivity index (χ4n) is 8.26. The van der Waals surface area contributed by atoms with Gasteiger partial charge in [0.1, 0.15) is 19.3 Å². The summed E-state index contributed by atoms with van der Waals surface area (Å²) in [7, 11) is 2.78. The summed E-state index contributed by atoms with van der Waals surface area (Å²) in [5.41, 5.74) is 0.606. The van der Waals surface area contributed by atoms with Crippen molar-refractivity contribution in [3.8, 4) is 0 Å². The van der Waals surface area contributed by atoms with Crippen LogP contribution in [0.1, 0.15) is 288 Å². The van der Waals surface area contributed by atoms with Crippen LogP contribution in [0.2, 0.25) is 0 Å². The van der Waals surface area contributed by atoms with Crippen LogP contribution < -0.4 is 0 Å². The van der Waals surface area contributed by atoms with Crippen molar-refractivity contribution in [2.24, 2.45) is 43.8 Å². The largest absolute Gasteiger partial charge is 0.463 e. The molecule has 10 atom stereocenters. The Morgan fingerprint density at radius 1 is 0.267 bits per heavy atom. The van der Waals surface area contributed by atoms with Gasteiger partial charge in [-0.05, 0) is 139 Å². The molecule has 0 N–H and O–H groups in total. The molecule has 0 aromatic rings. The molecule has 0 radical (unpaired) electrons. The van der Waals surface area contributed by atoms with Gasteiger partial charge in [0.2, 0.25) is 6.10 Å². The first kappa shape index (κ1) is 125. The molecule has 0 aliphatic rings. The molecule has 0 heterocycles. The van der Waals surface area contributed by atoms with E-state index in [1.165, 1.54) is 69.6 Å². The van der Waals surface area contributed by atoms with E-state index in [2.05, 4.69) is 112 Å². The van der Waals surface area contributed by atoms with Crippen molar-refractivity contribution in [2.75, 3.05) is 80.3 Å². The smallest absolute Gasteiger partial charge is 0.395 e. The molecule has 0 aliphatic carbocycles. The maximum absolute atomic E-state index is 11.7. The monoisotopic (exact) mass is 1730 g/mol. The molecule has 34 nitrogen and oxygen atoms in total. The van der Waals surface area contributed by atoms with E-state index >= 15 is 0 Å². The van der Waals surface area contributed by atoms with Gasteiger partial charge in [-0.1, -0.05) is 152 Å². The van der Waals surface area contributed by atoms with Crippen LogP contribution in [0, 0.1) is 43.8 Å². The average Bonchev–Trinajstić information content (AvgIpc) is 0.869. The number of rotatable bonds is 37. The minimum Gasteiger partial charge on any atom is -0.463 e. The molecule has 10 unspecified atom stereocenters. The molecule has 0 rings (SSSR count). The molecule has 0 amide bonds. The Morgan fingerprint density at radius 3 is 0.958 bits per heavy atom. The average molecular weight is 1730 g/mol. The van der Waals surface area contributed by atoms with Gasteiger partial charge in [-0.2, -0.15) is 0 Å². The van der Waals surface area contributed by atoms with Gasteiger partial charge < -0.3 is 80.5 Å². The van der Waals surface area contributed by atoms with Crippen LogP contribution in [-0.4, -0.2) is 225 Å². The quantitative estimate of drug-likeness (QED) is 0.0183. The predicted molar refractivity (Wildman–Crippen MR) is 443 cm³/mol. The third-order valence-corrected chi connectivity index (χ3v) is 14.6. The second kappa shape index (κ2) is 64.7. The summed E-state index contributed by atoms with van der Waals surface area (Å²) in [4.78, 5) is 174. The van der Waals surface area contributed by atoms with Crippen molar-refractivity contribution in [1.29, 1.82) is 0 Å². The summed E-state index contributed by atoms with van der Waals surface area (Å²) >= 11 is 0. The molecule has 120 heavy (non-hydrogen) atoms. The van der Waals surface area contributed by atoms with E-state index in [1.807, 2.05) is 83.1 Å². The van der Waals surface area contributed by atoms with E-state index in [0.29, 0.717) is 38.3 Å². The van der Waals surface area contributed by atoms with Crippen LogP contribution in [0.4, 0.5) is 0 Å². The zero-order valence-electron chi connectivity index (χ0n) is 80.0. The highest BCUT2D eigenvalue weighted by Crippen LogP contribution is 2.28. The van der Waals surface area contributed by atoms with E-state index in [-0.39, 0.29) is 94.6 Å². The molecule has 0 saturated carbocycles. The second-order valence-electron chi connectivity index (χ2n) is 36.6. The number of hydrogen-bond donors (Lipinski definition) is 0. The Labute approximate surface area is 715 Å². The third-order valence-electron chi connectivity index (χ3n) is 14.6. The topological polar surface area (TPSA) is 431 Å². The Bertz CT molecular complexity index is 2980. The number of hydrogen-bond acceptors (Lipinski definition) is 34. The van der Waals surface area contributed by atoms with E-state index in [4.69, 9.17) is 61.6 Å². The van der Waals surface area contributed by atoms with Crippen molar-refractivity contribution < 1.29 is 162 Å². The Balaban J connectivity index is -0.000000249. The molecule has 0 saturated heterocycles. The van der Waals surface area contributed by atoms with Crippen LogP contribution >= 0.6 is 0 Å². The molecule has 704 valence electrons. The van der Waals surface area contributed by atoms with Crippen molar-refractivity contribution in [1.82, 2.24) is 0 Å². The van der Waals surface area contributed by atoms with Gasteiger partial charge in [0.15, 0.2) is 44.2 Å². The van der Waals surface area contributed by atoms with E-state index in [9.17, 15) is 71.9 Å². The standard InChI is InChI=1S/C14H24O6.C13H22O6.C13H24O5.C12H20O6.C12H22O5.C12H24O3.C10H20O3/c1-9(7-14(4,5)6)19-13(17)10(2)20-12(16)8-18-11(3)15;1-9(19-10(2)14)12(16)18-8-11(15)17-7-6-13(3,4)5;1-9(7-13(3,4)5)17-12(15)10(2)18-11(14)8-16-6;1-7(12(4,5)6)10(14)16-8(2)11(15)18-17-9(3)13;1-9(15-5)11(14)17-8-10(13)16-7-6-12(2,3)4;1-9(7-12(4,5)6)14-8-10(2)15-11(3)13;1-9(11)13-8-7-12-6-5-10(2,3)4/h9-10H,7-8H2,1-6H3;9H,6-8H2,1-5H3;9-10H,7-8H2,1-6H3;7-8H,1-6H3;9H,6-8H2,1-5H3;9-10H,7-8H2,1-6H3;5-8H2,1-4H3. The van der Waals surface area contributed by atoms with Crippen LogP contribution in [0.3, 0.4) is 0 Å². The Hall–Kier alpha value is -8.11. The summed E-state index contributed by atoms with van der Waals surface area (Å²) in [5, 5.41) is 0. The predicted octanol–water partition coefficient (Wildman–Crippen LogP) is 13.2. The SMILES string of the molecule is CC(=O)OC(C)C(=O)OCC(=O)OCCC(C)(C)C.CC(=O)OC(C)COC(C)CC(C)(C)C.CC(=O)OCC(=O)OC(C)C(=O)OC(C)CC(C)(C)C.CC(=O)OCCOCCC(C)(C)C.CC(=O)OOC(=O)C(C)OC(=O)C(C)C(C)(C)C.COC(C)C(=O)OCC(=O)OCCC(C)(C)C.COCC(=O)OC(C)C(=O)OC(C)CC(C)(C)C. The van der Waals surface area contributed by atoms with Crippen molar-refractivity contribution >= 4 is 89.5 Å². The van der Waals surface area contributed by atoms with Crippen LogP contribution in [0.15, 0.2) is 0 Å². The van der Waals surface area contributed by atoms with Gasteiger partial charge in [-0.15, -0.1) is 0 Å². The van der Waals surface area contributed by atoms with Gasteiger partial charge in [-0.3, -0.25) is 24.0 Å². The lowest BCUT2D eigenvalue weighted by Crippen LogP contribution is -2.33. The molecule has 0 fully saturated rings.